The first-order chi connectivity index (χ1) is 9.76. The zero-order chi connectivity index (χ0) is 16.3. The Morgan fingerprint density at radius 2 is 1.57 bits per heavy atom. The van der Waals surface area contributed by atoms with Crippen molar-refractivity contribution in [3.8, 4) is 0 Å². The molecular weight excluding hydrogens is 262 g/mol. The predicted molar refractivity (Wildman–Crippen MR) is 91.9 cm³/mol. The molecule has 0 amide bonds. The summed E-state index contributed by atoms with van der Waals surface area (Å²) in [5.41, 5.74) is 2.89. The predicted octanol–water partition coefficient (Wildman–Crippen LogP) is 4.28. The summed E-state index contributed by atoms with van der Waals surface area (Å²) in [5, 5.41) is 0. The van der Waals surface area contributed by atoms with Crippen molar-refractivity contribution in [1.29, 1.82) is 0 Å². The molecule has 0 spiro atoms. The summed E-state index contributed by atoms with van der Waals surface area (Å²) in [4.78, 5) is 2.50. The molecule has 126 valence electrons. The second-order valence-corrected chi connectivity index (χ2v) is 6.95. The third kappa shape index (κ3) is 13.0. The van der Waals surface area contributed by atoms with Gasteiger partial charge in [-0.25, -0.2) is 0 Å². The minimum atomic E-state index is -0.0700. The number of hydrogen-bond acceptors (Lipinski definition) is 3. The molecular formula is C18H37NO2. The van der Waals surface area contributed by atoms with E-state index in [0.29, 0.717) is 13.2 Å². The average molecular weight is 299 g/mol. The van der Waals surface area contributed by atoms with Gasteiger partial charge in [0.15, 0.2) is 0 Å². The van der Waals surface area contributed by atoms with Gasteiger partial charge in [-0.2, -0.15) is 0 Å². The van der Waals surface area contributed by atoms with E-state index in [1.807, 2.05) is 0 Å². The summed E-state index contributed by atoms with van der Waals surface area (Å²) < 4.78 is 11.3. The SMILES string of the molecule is CCCN(CCOCCOC(C)(C)C)CCC(C)=C(C)C. The number of ether oxygens (including phenoxy) is 2. The van der Waals surface area contributed by atoms with Crippen LogP contribution in [0.1, 0.15) is 61.3 Å². The quantitative estimate of drug-likeness (QED) is 0.420. The Morgan fingerprint density at radius 1 is 0.905 bits per heavy atom. The maximum absolute atomic E-state index is 5.68. The van der Waals surface area contributed by atoms with Crippen LogP contribution in [0.25, 0.3) is 0 Å². The molecule has 0 saturated heterocycles. The van der Waals surface area contributed by atoms with Crippen LogP contribution in [0.15, 0.2) is 11.1 Å². The van der Waals surface area contributed by atoms with Crippen LogP contribution in [0.2, 0.25) is 0 Å². The molecule has 0 aromatic heterocycles. The molecule has 0 aliphatic heterocycles. The first-order valence-electron chi connectivity index (χ1n) is 8.33. The molecule has 3 heteroatoms. The molecule has 0 bridgehead atoms. The van der Waals surface area contributed by atoms with Gasteiger partial charge in [-0.05, 0) is 60.9 Å². The van der Waals surface area contributed by atoms with Gasteiger partial charge in [0.25, 0.3) is 0 Å². The summed E-state index contributed by atoms with van der Waals surface area (Å²) in [6.07, 6.45) is 2.36. The van der Waals surface area contributed by atoms with Gasteiger partial charge in [-0.3, -0.25) is 0 Å². The fourth-order valence-corrected chi connectivity index (χ4v) is 1.93. The second kappa shape index (κ2) is 11.2. The third-order valence-electron chi connectivity index (χ3n) is 3.51. The Bertz CT molecular complexity index is 288. The molecule has 0 aromatic rings. The van der Waals surface area contributed by atoms with Crippen molar-refractivity contribution >= 4 is 0 Å². The average Bonchev–Trinajstić information content (AvgIpc) is 2.37. The molecule has 0 aliphatic rings. The van der Waals surface area contributed by atoms with Crippen molar-refractivity contribution in [3.05, 3.63) is 11.1 Å². The zero-order valence-electron chi connectivity index (χ0n) is 15.4. The van der Waals surface area contributed by atoms with Crippen molar-refractivity contribution in [3.63, 3.8) is 0 Å². The van der Waals surface area contributed by atoms with Crippen LogP contribution in [-0.4, -0.2) is 50.0 Å². The van der Waals surface area contributed by atoms with Crippen LogP contribution >= 0.6 is 0 Å². The van der Waals surface area contributed by atoms with Crippen LogP contribution in [0.3, 0.4) is 0 Å². The summed E-state index contributed by atoms with van der Waals surface area (Å²) in [7, 11) is 0. The second-order valence-electron chi connectivity index (χ2n) is 6.95. The zero-order valence-corrected chi connectivity index (χ0v) is 15.4. The molecule has 0 unspecified atom stereocenters. The molecule has 0 saturated carbocycles. The molecule has 0 radical (unpaired) electrons. The van der Waals surface area contributed by atoms with Crippen molar-refractivity contribution in [2.75, 3.05) is 39.5 Å². The van der Waals surface area contributed by atoms with E-state index in [9.17, 15) is 0 Å². The van der Waals surface area contributed by atoms with E-state index in [0.717, 1.165) is 32.7 Å². The molecule has 21 heavy (non-hydrogen) atoms. The molecule has 0 rings (SSSR count). The van der Waals surface area contributed by atoms with Crippen LogP contribution < -0.4 is 0 Å². The van der Waals surface area contributed by atoms with E-state index in [1.54, 1.807) is 0 Å². The first kappa shape index (κ1) is 20.6. The molecule has 0 aliphatic carbocycles. The van der Waals surface area contributed by atoms with Crippen LogP contribution in [0.4, 0.5) is 0 Å². The van der Waals surface area contributed by atoms with Crippen LogP contribution in [-0.2, 0) is 9.47 Å². The van der Waals surface area contributed by atoms with Crippen LogP contribution in [0.5, 0.6) is 0 Å². The van der Waals surface area contributed by atoms with Crippen molar-refractivity contribution in [1.82, 2.24) is 4.90 Å². The lowest BCUT2D eigenvalue weighted by Gasteiger charge is -2.23. The monoisotopic (exact) mass is 299 g/mol. The number of rotatable bonds is 11. The Labute approximate surface area is 132 Å². The summed E-state index contributed by atoms with van der Waals surface area (Å²) in [6.45, 7) is 20.5. The molecule has 0 N–H and O–H groups in total. The maximum Gasteiger partial charge on any atom is 0.0707 e. The van der Waals surface area contributed by atoms with Crippen molar-refractivity contribution < 1.29 is 9.47 Å². The van der Waals surface area contributed by atoms with Gasteiger partial charge in [0, 0.05) is 13.1 Å². The van der Waals surface area contributed by atoms with E-state index >= 15 is 0 Å². The summed E-state index contributed by atoms with van der Waals surface area (Å²) in [5.74, 6) is 0. The number of hydrogen-bond donors (Lipinski definition) is 0. The van der Waals surface area contributed by atoms with Gasteiger partial charge in [0.1, 0.15) is 0 Å². The topological polar surface area (TPSA) is 21.7 Å². The van der Waals surface area contributed by atoms with E-state index < -0.39 is 0 Å². The molecule has 0 heterocycles. The smallest absolute Gasteiger partial charge is 0.0707 e. The lowest BCUT2D eigenvalue weighted by atomic mass is 10.1. The van der Waals surface area contributed by atoms with Crippen LogP contribution in [0, 0.1) is 0 Å². The Hall–Kier alpha value is -0.380. The molecule has 0 atom stereocenters. The largest absolute Gasteiger partial charge is 0.378 e. The minimum absolute atomic E-state index is 0.0700. The third-order valence-corrected chi connectivity index (χ3v) is 3.51. The number of nitrogens with zero attached hydrogens (tertiary/aromatic N) is 1. The summed E-state index contributed by atoms with van der Waals surface area (Å²) >= 11 is 0. The lowest BCUT2D eigenvalue weighted by molar-refractivity contribution is -0.0368. The van der Waals surface area contributed by atoms with Gasteiger partial charge < -0.3 is 14.4 Å². The highest BCUT2D eigenvalue weighted by molar-refractivity contribution is 5.06. The normalized spacial score (nSPS) is 12.0. The molecule has 3 nitrogen and oxygen atoms in total. The van der Waals surface area contributed by atoms with Gasteiger partial charge in [-0.1, -0.05) is 18.1 Å². The van der Waals surface area contributed by atoms with Gasteiger partial charge in [0.05, 0.1) is 25.4 Å². The van der Waals surface area contributed by atoms with Crippen molar-refractivity contribution in [2.45, 2.75) is 66.9 Å². The summed E-state index contributed by atoms with van der Waals surface area (Å²) in [6, 6.07) is 0. The van der Waals surface area contributed by atoms with Gasteiger partial charge in [-0.15, -0.1) is 0 Å². The Morgan fingerprint density at radius 3 is 2.10 bits per heavy atom. The first-order valence-corrected chi connectivity index (χ1v) is 8.33. The van der Waals surface area contributed by atoms with Gasteiger partial charge in [0.2, 0.25) is 0 Å². The maximum atomic E-state index is 5.68. The van der Waals surface area contributed by atoms with Crippen molar-refractivity contribution in [2.24, 2.45) is 0 Å². The minimum Gasteiger partial charge on any atom is -0.378 e. The highest BCUT2D eigenvalue weighted by Crippen LogP contribution is 2.08. The van der Waals surface area contributed by atoms with Gasteiger partial charge >= 0.3 is 0 Å². The standard InChI is InChI=1S/C18H37NO2/c1-8-10-19(11-9-17(4)16(2)3)12-13-20-14-15-21-18(5,6)7/h8-15H2,1-7H3. The highest BCUT2D eigenvalue weighted by Gasteiger charge is 2.09. The van der Waals surface area contributed by atoms with E-state index in [4.69, 9.17) is 9.47 Å². The van der Waals surface area contributed by atoms with E-state index in [2.05, 4.69) is 53.4 Å². The van der Waals surface area contributed by atoms with E-state index in [1.165, 1.54) is 17.6 Å². The fraction of sp³-hybridized carbons (Fsp3) is 0.889. The molecule has 0 fully saturated rings. The fourth-order valence-electron chi connectivity index (χ4n) is 1.93. The molecule has 0 aromatic carbocycles. The highest BCUT2D eigenvalue weighted by atomic mass is 16.5. The lowest BCUT2D eigenvalue weighted by Crippen LogP contribution is -2.30. The Kier molecular flexibility index (Phi) is 11.0. The Balaban J connectivity index is 3.82. The number of allylic oxidation sites excluding steroid dienone is 1. The van der Waals surface area contributed by atoms with E-state index in [-0.39, 0.29) is 5.60 Å².